The lowest BCUT2D eigenvalue weighted by Gasteiger charge is -2.19. The van der Waals surface area contributed by atoms with Gasteiger partial charge in [-0.3, -0.25) is 5.43 Å². The number of nitrogens with zero attached hydrogens (tertiary/aromatic N) is 3. The second-order valence-corrected chi connectivity index (χ2v) is 6.17. The van der Waals surface area contributed by atoms with Crippen molar-refractivity contribution in [1.82, 2.24) is 14.9 Å². The lowest BCUT2D eigenvalue weighted by atomic mass is 10.1. The summed E-state index contributed by atoms with van der Waals surface area (Å²) >= 11 is 1.42. The van der Waals surface area contributed by atoms with E-state index in [1.54, 1.807) is 17.9 Å². The fourth-order valence-electron chi connectivity index (χ4n) is 2.46. The molecule has 3 N–H and O–H groups in total. The number of aromatic nitrogens is 3. The highest BCUT2D eigenvalue weighted by Crippen LogP contribution is 2.34. The van der Waals surface area contributed by atoms with Crippen LogP contribution in [0.3, 0.4) is 0 Å². The summed E-state index contributed by atoms with van der Waals surface area (Å²) in [4.78, 5) is 0. The Kier molecular flexibility index (Phi) is 3.73. The summed E-state index contributed by atoms with van der Waals surface area (Å²) in [5.74, 6) is 1.11. The molecular formula is C17H14N4O3S. The summed E-state index contributed by atoms with van der Waals surface area (Å²) < 4.78 is 6.96. The molecule has 4 rings (SSSR count). The maximum Gasteiger partial charge on any atom is 0.214 e. The zero-order valence-electron chi connectivity index (χ0n) is 13.2. The highest BCUT2D eigenvalue weighted by Gasteiger charge is 2.20. The monoisotopic (exact) mass is 354 g/mol. The van der Waals surface area contributed by atoms with Crippen LogP contribution in [0.15, 0.2) is 53.0 Å². The molecule has 8 heteroatoms. The van der Waals surface area contributed by atoms with Crippen molar-refractivity contribution in [3.63, 3.8) is 0 Å². The van der Waals surface area contributed by atoms with Gasteiger partial charge in [0.05, 0.1) is 12.8 Å². The summed E-state index contributed by atoms with van der Waals surface area (Å²) in [5.41, 5.74) is 5.64. The molecule has 0 atom stereocenters. The summed E-state index contributed by atoms with van der Waals surface area (Å²) in [5, 5.41) is 30.2. The van der Waals surface area contributed by atoms with Gasteiger partial charge in [0.2, 0.25) is 5.16 Å². The second kappa shape index (κ2) is 6.06. The zero-order valence-corrected chi connectivity index (χ0v) is 14.0. The molecule has 1 aromatic heterocycles. The molecule has 2 heterocycles. The molecule has 2 aromatic carbocycles. The van der Waals surface area contributed by atoms with E-state index in [2.05, 4.69) is 15.6 Å². The van der Waals surface area contributed by atoms with E-state index < -0.39 is 0 Å². The zero-order chi connectivity index (χ0) is 17.4. The lowest BCUT2D eigenvalue weighted by Crippen LogP contribution is -2.18. The number of thioether (sulfide) groups is 1. The van der Waals surface area contributed by atoms with E-state index in [0.717, 1.165) is 22.6 Å². The SMILES string of the molecule is COc1ccc(-c2nnc3n2NC(c2ccc(O)c(O)c2)=CS3)cc1. The van der Waals surface area contributed by atoms with Crippen LogP contribution in [0.5, 0.6) is 17.2 Å². The van der Waals surface area contributed by atoms with Gasteiger partial charge in [-0.1, -0.05) is 11.8 Å². The van der Waals surface area contributed by atoms with Crippen molar-refractivity contribution in [1.29, 1.82) is 0 Å². The standard InChI is InChI=1S/C17H14N4O3S/c1-24-12-5-2-10(3-6-12)16-18-19-17-21(16)20-13(9-25-17)11-4-7-14(22)15(23)8-11/h2-9,20,22-23H,1H3. The van der Waals surface area contributed by atoms with E-state index in [1.165, 1.54) is 23.9 Å². The predicted molar refractivity (Wildman–Crippen MR) is 95.0 cm³/mol. The molecule has 1 aliphatic rings. The molecule has 25 heavy (non-hydrogen) atoms. The van der Waals surface area contributed by atoms with Gasteiger partial charge < -0.3 is 14.9 Å². The minimum absolute atomic E-state index is 0.156. The number of fused-ring (bicyclic) bond motifs is 1. The Morgan fingerprint density at radius 2 is 1.76 bits per heavy atom. The first kappa shape index (κ1) is 15.4. The van der Waals surface area contributed by atoms with Gasteiger partial charge in [0, 0.05) is 16.5 Å². The number of benzene rings is 2. The van der Waals surface area contributed by atoms with Crippen molar-refractivity contribution in [3.8, 4) is 28.6 Å². The Hall–Kier alpha value is -3.13. The maximum atomic E-state index is 9.71. The maximum absolute atomic E-state index is 9.71. The molecule has 0 bridgehead atoms. The molecule has 126 valence electrons. The van der Waals surface area contributed by atoms with Crippen molar-refractivity contribution >= 4 is 17.5 Å². The van der Waals surface area contributed by atoms with Crippen LogP contribution < -0.4 is 10.2 Å². The van der Waals surface area contributed by atoms with Crippen LogP contribution in [0.25, 0.3) is 17.1 Å². The third-order valence-corrected chi connectivity index (χ3v) is 4.61. The Bertz CT molecular complexity index is 967. The molecule has 1 aliphatic heterocycles. The van der Waals surface area contributed by atoms with Gasteiger partial charge in [0.1, 0.15) is 5.75 Å². The summed E-state index contributed by atoms with van der Waals surface area (Å²) in [6.45, 7) is 0. The first-order valence-corrected chi connectivity index (χ1v) is 8.30. The van der Waals surface area contributed by atoms with E-state index in [9.17, 15) is 10.2 Å². The molecule has 0 radical (unpaired) electrons. The van der Waals surface area contributed by atoms with Gasteiger partial charge in [-0.05, 0) is 42.5 Å². The number of hydrogen-bond acceptors (Lipinski definition) is 7. The lowest BCUT2D eigenvalue weighted by molar-refractivity contribution is 0.403. The van der Waals surface area contributed by atoms with E-state index in [1.807, 2.05) is 29.7 Å². The van der Waals surface area contributed by atoms with Crippen LogP contribution >= 0.6 is 11.8 Å². The van der Waals surface area contributed by atoms with Crippen molar-refractivity contribution in [2.45, 2.75) is 5.16 Å². The van der Waals surface area contributed by atoms with Gasteiger partial charge in [-0.25, -0.2) is 4.68 Å². The number of methoxy groups -OCH3 is 1. The van der Waals surface area contributed by atoms with Crippen molar-refractivity contribution in [2.24, 2.45) is 0 Å². The van der Waals surface area contributed by atoms with Crippen LogP contribution in [0.1, 0.15) is 5.56 Å². The van der Waals surface area contributed by atoms with E-state index in [-0.39, 0.29) is 11.5 Å². The van der Waals surface area contributed by atoms with Crippen LogP contribution in [-0.4, -0.2) is 32.2 Å². The van der Waals surface area contributed by atoms with Gasteiger partial charge in [0.25, 0.3) is 0 Å². The van der Waals surface area contributed by atoms with Crippen LogP contribution in [0.2, 0.25) is 0 Å². The fourth-order valence-corrected chi connectivity index (χ4v) is 3.19. The highest BCUT2D eigenvalue weighted by molar-refractivity contribution is 8.02. The number of hydrogen-bond donors (Lipinski definition) is 3. The van der Waals surface area contributed by atoms with Crippen molar-refractivity contribution in [2.75, 3.05) is 12.5 Å². The third-order valence-electron chi connectivity index (χ3n) is 3.78. The van der Waals surface area contributed by atoms with Gasteiger partial charge in [0.15, 0.2) is 17.3 Å². The molecule has 0 unspecified atom stereocenters. The first-order valence-electron chi connectivity index (χ1n) is 7.42. The molecule has 0 saturated carbocycles. The van der Waals surface area contributed by atoms with Crippen LogP contribution in [0.4, 0.5) is 0 Å². The van der Waals surface area contributed by atoms with Gasteiger partial charge >= 0.3 is 0 Å². The van der Waals surface area contributed by atoms with E-state index >= 15 is 0 Å². The Labute approximate surface area is 147 Å². The molecule has 0 saturated heterocycles. The first-order chi connectivity index (χ1) is 12.2. The summed E-state index contributed by atoms with van der Waals surface area (Å²) in [6, 6.07) is 12.2. The molecule has 0 aliphatic carbocycles. The smallest absolute Gasteiger partial charge is 0.214 e. The Morgan fingerprint density at radius 1 is 1.00 bits per heavy atom. The van der Waals surface area contributed by atoms with Crippen LogP contribution in [-0.2, 0) is 0 Å². The Balaban J connectivity index is 1.67. The van der Waals surface area contributed by atoms with Crippen LogP contribution in [0, 0.1) is 0 Å². The molecule has 0 amide bonds. The predicted octanol–water partition coefficient (Wildman–Crippen LogP) is 3.01. The number of phenolic OH excluding ortho intramolecular Hbond substituents is 2. The van der Waals surface area contributed by atoms with Crippen molar-refractivity contribution in [3.05, 3.63) is 53.4 Å². The quantitative estimate of drug-likeness (QED) is 0.623. The third kappa shape index (κ3) is 2.76. The molecular weight excluding hydrogens is 340 g/mol. The molecule has 7 nitrogen and oxygen atoms in total. The average molecular weight is 354 g/mol. The second-order valence-electron chi connectivity index (χ2n) is 5.33. The summed E-state index contributed by atoms with van der Waals surface area (Å²) in [7, 11) is 1.62. The molecule has 0 fully saturated rings. The number of rotatable bonds is 3. The largest absolute Gasteiger partial charge is 0.504 e. The highest BCUT2D eigenvalue weighted by atomic mass is 32.2. The van der Waals surface area contributed by atoms with Gasteiger partial charge in [-0.2, -0.15) is 0 Å². The summed E-state index contributed by atoms with van der Waals surface area (Å²) in [6.07, 6.45) is 0. The Morgan fingerprint density at radius 3 is 2.48 bits per heavy atom. The van der Waals surface area contributed by atoms with Crippen molar-refractivity contribution < 1.29 is 14.9 Å². The van der Waals surface area contributed by atoms with E-state index in [4.69, 9.17) is 4.74 Å². The van der Waals surface area contributed by atoms with Gasteiger partial charge in [-0.15, -0.1) is 10.2 Å². The minimum atomic E-state index is -0.171. The normalized spacial score (nSPS) is 12.9. The molecule has 3 aromatic rings. The number of nitrogens with one attached hydrogen (secondary N) is 1. The van der Waals surface area contributed by atoms with E-state index in [0.29, 0.717) is 11.0 Å². The number of ether oxygens (including phenoxy) is 1. The topological polar surface area (TPSA) is 92.4 Å². The average Bonchev–Trinajstić information content (AvgIpc) is 3.07. The molecule has 0 spiro atoms. The fraction of sp³-hybridized carbons (Fsp3) is 0.0588. The minimum Gasteiger partial charge on any atom is -0.504 e. The number of phenols is 2. The number of aromatic hydroxyl groups is 2.